The maximum absolute atomic E-state index is 12.8. The summed E-state index contributed by atoms with van der Waals surface area (Å²) in [6, 6.07) is 7.15. The molecule has 1 fully saturated rings. The van der Waals surface area contributed by atoms with Crippen LogP contribution in [-0.4, -0.2) is 54.6 Å². The van der Waals surface area contributed by atoms with Crippen molar-refractivity contribution in [3.05, 3.63) is 58.4 Å². The van der Waals surface area contributed by atoms with E-state index in [2.05, 4.69) is 26.9 Å². The molecule has 8 heteroatoms. The highest BCUT2D eigenvalue weighted by Gasteiger charge is 2.20. The van der Waals surface area contributed by atoms with Crippen molar-refractivity contribution in [2.75, 3.05) is 19.6 Å². The van der Waals surface area contributed by atoms with Crippen LogP contribution < -0.4 is 10.3 Å². The largest absolute Gasteiger partial charge is 0.489 e. The summed E-state index contributed by atoms with van der Waals surface area (Å²) in [5.41, 5.74) is 4.29. The number of hydrogen-bond donors (Lipinski definition) is 0. The second-order valence-corrected chi connectivity index (χ2v) is 8.15. The number of rotatable bonds is 4. The van der Waals surface area contributed by atoms with Gasteiger partial charge in [0.15, 0.2) is 0 Å². The van der Waals surface area contributed by atoms with Gasteiger partial charge in [-0.15, -0.1) is 0 Å². The lowest BCUT2D eigenvalue weighted by Crippen LogP contribution is -2.38. The lowest BCUT2D eigenvalue weighted by molar-refractivity contribution is 0.103. The van der Waals surface area contributed by atoms with Crippen molar-refractivity contribution in [2.24, 2.45) is 0 Å². The molecule has 8 nitrogen and oxygen atoms in total. The van der Waals surface area contributed by atoms with Crippen LogP contribution in [0, 0.1) is 13.8 Å². The van der Waals surface area contributed by atoms with E-state index < -0.39 is 0 Å². The molecule has 0 radical (unpaired) electrons. The zero-order valence-electron chi connectivity index (χ0n) is 18.1. The highest BCUT2D eigenvalue weighted by Crippen LogP contribution is 2.22. The van der Waals surface area contributed by atoms with Crippen LogP contribution in [0.15, 0.2) is 41.5 Å². The molecule has 0 aromatic carbocycles. The zero-order chi connectivity index (χ0) is 21.5. The van der Waals surface area contributed by atoms with Gasteiger partial charge in [-0.2, -0.15) is 5.10 Å². The Morgan fingerprint density at radius 1 is 1.06 bits per heavy atom. The summed E-state index contributed by atoms with van der Waals surface area (Å²) in [5, 5.41) is 4.60. The molecule has 1 aliphatic rings. The Morgan fingerprint density at radius 3 is 2.65 bits per heavy atom. The molecule has 1 saturated heterocycles. The SMILES string of the molecule is CCN1CCC(Oc2ccc3nc(-c4cc5c(C)nc(C)cn5n4)cc(=O)n3c2)CC1. The van der Waals surface area contributed by atoms with Gasteiger partial charge in [-0.1, -0.05) is 6.92 Å². The number of pyridine rings is 1. The van der Waals surface area contributed by atoms with Crippen LogP contribution in [0.3, 0.4) is 0 Å². The van der Waals surface area contributed by atoms with Crippen molar-refractivity contribution in [1.82, 2.24) is 28.9 Å². The van der Waals surface area contributed by atoms with Crippen molar-refractivity contribution in [3.63, 3.8) is 0 Å². The third-order valence-corrected chi connectivity index (χ3v) is 5.94. The van der Waals surface area contributed by atoms with Crippen LogP contribution in [0.25, 0.3) is 22.6 Å². The van der Waals surface area contributed by atoms with Gasteiger partial charge in [-0.05, 0) is 51.4 Å². The lowest BCUT2D eigenvalue weighted by atomic mass is 10.1. The second kappa shape index (κ2) is 7.77. The van der Waals surface area contributed by atoms with Gasteiger partial charge >= 0.3 is 0 Å². The van der Waals surface area contributed by atoms with E-state index in [0.29, 0.717) is 22.8 Å². The zero-order valence-corrected chi connectivity index (χ0v) is 18.1. The molecule has 5 heterocycles. The number of nitrogens with zero attached hydrogens (tertiary/aromatic N) is 6. The van der Waals surface area contributed by atoms with Crippen LogP contribution in [0.2, 0.25) is 0 Å². The van der Waals surface area contributed by atoms with Gasteiger partial charge in [0.2, 0.25) is 0 Å². The monoisotopic (exact) mass is 418 g/mol. The van der Waals surface area contributed by atoms with Crippen molar-refractivity contribution in [1.29, 1.82) is 0 Å². The van der Waals surface area contributed by atoms with Gasteiger partial charge in [0.25, 0.3) is 5.56 Å². The van der Waals surface area contributed by atoms with Gasteiger partial charge in [0.1, 0.15) is 23.2 Å². The summed E-state index contributed by atoms with van der Waals surface area (Å²) in [6.45, 7) is 9.24. The lowest BCUT2D eigenvalue weighted by Gasteiger charge is -2.31. The normalized spacial score (nSPS) is 15.7. The maximum Gasteiger partial charge on any atom is 0.258 e. The molecule has 5 rings (SSSR count). The minimum absolute atomic E-state index is 0.158. The Balaban J connectivity index is 1.44. The molecule has 0 atom stereocenters. The maximum atomic E-state index is 12.8. The number of likely N-dealkylation sites (tertiary alicyclic amines) is 1. The van der Waals surface area contributed by atoms with Gasteiger partial charge in [-0.25, -0.2) is 9.50 Å². The highest BCUT2D eigenvalue weighted by molar-refractivity contribution is 5.66. The first-order valence-corrected chi connectivity index (χ1v) is 10.8. The quantitative estimate of drug-likeness (QED) is 0.507. The van der Waals surface area contributed by atoms with Crippen LogP contribution >= 0.6 is 0 Å². The summed E-state index contributed by atoms with van der Waals surface area (Å²) >= 11 is 0. The molecule has 0 aliphatic carbocycles. The Labute approximate surface area is 180 Å². The molecule has 1 aliphatic heterocycles. The molecule has 4 aromatic heterocycles. The summed E-state index contributed by atoms with van der Waals surface area (Å²) in [5.74, 6) is 0.698. The molecule has 0 N–H and O–H groups in total. The van der Waals surface area contributed by atoms with Crippen LogP contribution in [0.4, 0.5) is 0 Å². The van der Waals surface area contributed by atoms with E-state index >= 15 is 0 Å². The van der Waals surface area contributed by atoms with Gasteiger partial charge in [0, 0.05) is 19.2 Å². The molecule has 0 spiro atoms. The third kappa shape index (κ3) is 3.79. The summed E-state index contributed by atoms with van der Waals surface area (Å²) < 4.78 is 9.48. The first-order chi connectivity index (χ1) is 15.0. The molecular weight excluding hydrogens is 392 g/mol. The molecule has 160 valence electrons. The van der Waals surface area contributed by atoms with E-state index in [0.717, 1.165) is 49.4 Å². The predicted molar refractivity (Wildman–Crippen MR) is 119 cm³/mol. The summed E-state index contributed by atoms with van der Waals surface area (Å²) in [4.78, 5) is 24.4. The van der Waals surface area contributed by atoms with E-state index in [1.807, 2.05) is 38.2 Å². The first kappa shape index (κ1) is 19.7. The number of piperidine rings is 1. The fourth-order valence-electron chi connectivity index (χ4n) is 4.24. The van der Waals surface area contributed by atoms with Gasteiger partial charge in [0.05, 0.1) is 35.0 Å². The Morgan fingerprint density at radius 2 is 1.87 bits per heavy atom. The van der Waals surface area contributed by atoms with Crippen molar-refractivity contribution in [2.45, 2.75) is 39.7 Å². The third-order valence-electron chi connectivity index (χ3n) is 5.94. The molecule has 0 bridgehead atoms. The van der Waals surface area contributed by atoms with Crippen LogP contribution in [0.1, 0.15) is 31.2 Å². The van der Waals surface area contributed by atoms with E-state index in [9.17, 15) is 4.79 Å². The standard InChI is InChI=1S/C23H26N6O2/c1-4-27-9-7-17(8-10-27)31-18-5-6-22-25-19(12-23(30)28(22)14-18)20-11-21-16(3)24-15(2)13-29(21)26-20/h5-6,11-14,17H,4,7-10H2,1-3H3. The fourth-order valence-corrected chi connectivity index (χ4v) is 4.24. The Hall–Kier alpha value is -3.26. The van der Waals surface area contributed by atoms with Crippen LogP contribution in [-0.2, 0) is 0 Å². The number of fused-ring (bicyclic) bond motifs is 2. The summed E-state index contributed by atoms with van der Waals surface area (Å²) in [7, 11) is 0. The smallest absolute Gasteiger partial charge is 0.258 e. The van der Waals surface area contributed by atoms with E-state index in [1.54, 1.807) is 10.7 Å². The topological polar surface area (TPSA) is 77.0 Å². The second-order valence-electron chi connectivity index (χ2n) is 8.15. The molecule has 4 aromatic rings. The van der Waals surface area contributed by atoms with E-state index in [-0.39, 0.29) is 11.7 Å². The van der Waals surface area contributed by atoms with Gasteiger partial charge < -0.3 is 9.64 Å². The average Bonchev–Trinajstić information content (AvgIpc) is 3.19. The molecular formula is C23H26N6O2. The fraction of sp³-hybridized carbons (Fsp3) is 0.391. The van der Waals surface area contributed by atoms with Crippen molar-refractivity contribution in [3.8, 4) is 17.1 Å². The molecule has 0 amide bonds. The van der Waals surface area contributed by atoms with E-state index in [1.165, 1.54) is 10.5 Å². The van der Waals surface area contributed by atoms with E-state index in [4.69, 9.17) is 4.74 Å². The number of aryl methyl sites for hydroxylation is 2. The number of ether oxygens (including phenoxy) is 1. The average molecular weight is 419 g/mol. The minimum atomic E-state index is -0.158. The van der Waals surface area contributed by atoms with Crippen molar-refractivity contribution < 1.29 is 4.74 Å². The Kier molecular flexibility index (Phi) is 4.94. The van der Waals surface area contributed by atoms with Crippen LogP contribution in [0.5, 0.6) is 5.75 Å². The number of aromatic nitrogens is 5. The number of hydrogen-bond acceptors (Lipinski definition) is 6. The first-order valence-electron chi connectivity index (χ1n) is 10.8. The Bertz CT molecular complexity index is 1320. The predicted octanol–water partition coefficient (Wildman–Crippen LogP) is 2.88. The molecule has 31 heavy (non-hydrogen) atoms. The molecule has 0 saturated carbocycles. The highest BCUT2D eigenvalue weighted by atomic mass is 16.5. The molecule has 0 unspecified atom stereocenters. The minimum Gasteiger partial charge on any atom is -0.489 e. The summed E-state index contributed by atoms with van der Waals surface area (Å²) in [6.07, 6.45) is 5.79. The van der Waals surface area contributed by atoms with Crippen molar-refractivity contribution >= 4 is 11.2 Å². The van der Waals surface area contributed by atoms with Gasteiger partial charge in [-0.3, -0.25) is 14.2 Å².